The van der Waals surface area contributed by atoms with Crippen LogP contribution in [-0.4, -0.2) is 15.3 Å². The number of fused-ring (bicyclic) bond motifs is 1. The standard InChI is InChI=1S/C16H16N2O3/c1-11-9-13-15(7-4-8-16(13)19)17(11)10-12-5-2-3-6-14(12)18(20)21/h2-3,5-6,9H,4,7-8,10H2,1H3. The molecule has 1 aliphatic rings. The Hall–Kier alpha value is -2.43. The zero-order valence-corrected chi connectivity index (χ0v) is 11.8. The average Bonchev–Trinajstić information content (AvgIpc) is 2.78. The molecule has 5 nitrogen and oxygen atoms in total. The van der Waals surface area contributed by atoms with Crippen molar-refractivity contribution in [3.8, 4) is 0 Å². The summed E-state index contributed by atoms with van der Waals surface area (Å²) in [6, 6.07) is 8.67. The van der Waals surface area contributed by atoms with E-state index in [0.29, 0.717) is 18.5 Å². The predicted octanol–water partition coefficient (Wildman–Crippen LogP) is 3.27. The van der Waals surface area contributed by atoms with E-state index in [0.717, 1.165) is 29.8 Å². The van der Waals surface area contributed by atoms with Crippen LogP contribution in [0.25, 0.3) is 0 Å². The van der Waals surface area contributed by atoms with E-state index in [1.807, 2.05) is 17.6 Å². The first-order chi connectivity index (χ1) is 10.1. The summed E-state index contributed by atoms with van der Waals surface area (Å²) in [6.45, 7) is 2.38. The molecular weight excluding hydrogens is 268 g/mol. The van der Waals surface area contributed by atoms with Crippen LogP contribution in [0.1, 0.15) is 40.2 Å². The number of aromatic nitrogens is 1. The summed E-state index contributed by atoms with van der Waals surface area (Å²) in [5, 5.41) is 11.1. The fraction of sp³-hybridized carbons (Fsp3) is 0.312. The lowest BCUT2D eigenvalue weighted by Gasteiger charge is -2.16. The number of hydrogen-bond acceptors (Lipinski definition) is 3. The van der Waals surface area contributed by atoms with Crippen molar-refractivity contribution in [1.82, 2.24) is 4.57 Å². The van der Waals surface area contributed by atoms with E-state index >= 15 is 0 Å². The number of aryl methyl sites for hydroxylation is 1. The maximum atomic E-state index is 12.0. The fourth-order valence-electron chi connectivity index (χ4n) is 3.00. The zero-order chi connectivity index (χ0) is 15.0. The summed E-state index contributed by atoms with van der Waals surface area (Å²) in [6.07, 6.45) is 2.31. The molecule has 0 saturated carbocycles. The van der Waals surface area contributed by atoms with Crippen LogP contribution in [0.3, 0.4) is 0 Å². The third-order valence-corrected chi connectivity index (χ3v) is 4.05. The first kappa shape index (κ1) is 13.5. The highest BCUT2D eigenvalue weighted by Crippen LogP contribution is 2.27. The number of carbonyl (C=O) groups excluding carboxylic acids is 1. The number of ketones is 1. The summed E-state index contributed by atoms with van der Waals surface area (Å²) in [7, 11) is 0. The Bertz CT molecular complexity index is 731. The summed E-state index contributed by atoms with van der Waals surface area (Å²) >= 11 is 0. The maximum Gasteiger partial charge on any atom is 0.274 e. The first-order valence-electron chi connectivity index (χ1n) is 7.02. The molecule has 0 radical (unpaired) electrons. The van der Waals surface area contributed by atoms with E-state index in [1.54, 1.807) is 18.2 Å². The molecule has 1 heterocycles. The summed E-state index contributed by atoms with van der Waals surface area (Å²) in [5.41, 5.74) is 3.58. The van der Waals surface area contributed by atoms with Crippen LogP contribution in [0.4, 0.5) is 5.69 Å². The van der Waals surface area contributed by atoms with Crippen LogP contribution < -0.4 is 0 Å². The summed E-state index contributed by atoms with van der Waals surface area (Å²) in [4.78, 5) is 22.7. The maximum absolute atomic E-state index is 12.0. The molecule has 108 valence electrons. The first-order valence-corrected chi connectivity index (χ1v) is 7.02. The van der Waals surface area contributed by atoms with E-state index in [9.17, 15) is 14.9 Å². The molecule has 1 aromatic heterocycles. The minimum absolute atomic E-state index is 0.126. The lowest BCUT2D eigenvalue weighted by molar-refractivity contribution is -0.385. The van der Waals surface area contributed by atoms with Crippen molar-refractivity contribution in [3.63, 3.8) is 0 Å². The molecule has 0 aliphatic heterocycles. The van der Waals surface area contributed by atoms with Gasteiger partial charge in [0.2, 0.25) is 0 Å². The Morgan fingerprint density at radius 3 is 2.81 bits per heavy atom. The van der Waals surface area contributed by atoms with Gasteiger partial charge in [0.1, 0.15) is 0 Å². The van der Waals surface area contributed by atoms with Crippen LogP contribution >= 0.6 is 0 Å². The van der Waals surface area contributed by atoms with Crippen molar-refractivity contribution in [2.24, 2.45) is 0 Å². The van der Waals surface area contributed by atoms with Crippen molar-refractivity contribution in [3.05, 3.63) is 63.0 Å². The van der Waals surface area contributed by atoms with Gasteiger partial charge in [0.05, 0.1) is 11.5 Å². The third-order valence-electron chi connectivity index (χ3n) is 4.05. The quantitative estimate of drug-likeness (QED) is 0.641. The monoisotopic (exact) mass is 284 g/mol. The minimum Gasteiger partial charge on any atom is -0.344 e. The lowest BCUT2D eigenvalue weighted by atomic mass is 9.96. The lowest BCUT2D eigenvalue weighted by Crippen LogP contribution is -2.14. The Kier molecular flexibility index (Phi) is 3.33. The molecule has 0 N–H and O–H groups in total. The van der Waals surface area contributed by atoms with E-state index in [2.05, 4.69) is 0 Å². The largest absolute Gasteiger partial charge is 0.344 e. The second-order valence-corrected chi connectivity index (χ2v) is 5.39. The van der Waals surface area contributed by atoms with Crippen LogP contribution in [-0.2, 0) is 13.0 Å². The van der Waals surface area contributed by atoms with Crippen LogP contribution in [0.5, 0.6) is 0 Å². The second-order valence-electron chi connectivity index (χ2n) is 5.39. The van der Waals surface area contributed by atoms with Gasteiger partial charge in [-0.3, -0.25) is 14.9 Å². The number of nitro groups is 1. The minimum atomic E-state index is -0.355. The normalized spacial score (nSPS) is 14.0. The average molecular weight is 284 g/mol. The third kappa shape index (κ3) is 2.35. The molecule has 2 aromatic rings. The Morgan fingerprint density at radius 2 is 2.05 bits per heavy atom. The molecule has 0 spiro atoms. The number of benzene rings is 1. The van der Waals surface area contributed by atoms with Crippen molar-refractivity contribution in [2.45, 2.75) is 32.7 Å². The van der Waals surface area contributed by atoms with Crippen molar-refractivity contribution in [1.29, 1.82) is 0 Å². The van der Waals surface area contributed by atoms with E-state index in [-0.39, 0.29) is 16.4 Å². The second kappa shape index (κ2) is 5.16. The number of nitrogens with zero attached hydrogens (tertiary/aromatic N) is 2. The number of hydrogen-bond donors (Lipinski definition) is 0. The summed E-state index contributed by atoms with van der Waals surface area (Å²) in [5.74, 6) is 0.181. The fourth-order valence-corrected chi connectivity index (χ4v) is 3.00. The Morgan fingerprint density at radius 1 is 1.29 bits per heavy atom. The Labute approximate surface area is 122 Å². The molecule has 0 unspecified atom stereocenters. The van der Waals surface area contributed by atoms with Gasteiger partial charge in [0.15, 0.2) is 5.78 Å². The predicted molar refractivity (Wildman–Crippen MR) is 78.6 cm³/mol. The molecule has 21 heavy (non-hydrogen) atoms. The number of carbonyl (C=O) groups is 1. The van der Waals surface area contributed by atoms with Crippen LogP contribution in [0.15, 0.2) is 30.3 Å². The number of nitro benzene ring substituents is 1. The molecule has 3 rings (SSSR count). The molecule has 0 atom stereocenters. The topological polar surface area (TPSA) is 65.1 Å². The molecule has 5 heteroatoms. The van der Waals surface area contributed by atoms with Crippen molar-refractivity contribution >= 4 is 11.5 Å². The SMILES string of the molecule is Cc1cc2c(n1Cc1ccccc1[N+](=O)[O-])CCCC2=O. The van der Waals surface area contributed by atoms with E-state index in [4.69, 9.17) is 0 Å². The van der Waals surface area contributed by atoms with Crippen molar-refractivity contribution < 1.29 is 9.72 Å². The van der Waals surface area contributed by atoms with Gasteiger partial charge in [-0.2, -0.15) is 0 Å². The zero-order valence-electron chi connectivity index (χ0n) is 11.8. The van der Waals surface area contributed by atoms with Gasteiger partial charge in [0.25, 0.3) is 5.69 Å². The molecule has 0 amide bonds. The molecule has 1 aliphatic carbocycles. The highest BCUT2D eigenvalue weighted by molar-refractivity contribution is 5.98. The highest BCUT2D eigenvalue weighted by Gasteiger charge is 2.23. The van der Waals surface area contributed by atoms with Crippen LogP contribution in [0, 0.1) is 17.0 Å². The van der Waals surface area contributed by atoms with E-state index in [1.165, 1.54) is 6.07 Å². The van der Waals surface area contributed by atoms with Gasteiger partial charge in [0, 0.05) is 35.0 Å². The van der Waals surface area contributed by atoms with Crippen LogP contribution in [0.2, 0.25) is 0 Å². The smallest absolute Gasteiger partial charge is 0.274 e. The number of Topliss-reactive ketones (excluding diaryl/α,β-unsaturated/α-hetero) is 1. The van der Waals surface area contributed by atoms with Gasteiger partial charge >= 0.3 is 0 Å². The van der Waals surface area contributed by atoms with Gasteiger partial charge < -0.3 is 4.57 Å². The number of rotatable bonds is 3. The van der Waals surface area contributed by atoms with E-state index < -0.39 is 0 Å². The van der Waals surface area contributed by atoms with Gasteiger partial charge in [-0.05, 0) is 25.8 Å². The molecule has 0 bridgehead atoms. The van der Waals surface area contributed by atoms with Crippen molar-refractivity contribution in [2.75, 3.05) is 0 Å². The number of para-hydroxylation sites is 1. The summed E-state index contributed by atoms with van der Waals surface area (Å²) < 4.78 is 2.04. The molecular formula is C16H16N2O3. The Balaban J connectivity index is 2.04. The van der Waals surface area contributed by atoms with Gasteiger partial charge in [-0.1, -0.05) is 18.2 Å². The molecule has 0 fully saturated rings. The van der Waals surface area contributed by atoms with Gasteiger partial charge in [-0.15, -0.1) is 0 Å². The van der Waals surface area contributed by atoms with Gasteiger partial charge in [-0.25, -0.2) is 0 Å². The molecule has 0 saturated heterocycles. The molecule has 1 aromatic carbocycles. The highest BCUT2D eigenvalue weighted by atomic mass is 16.6.